The number of nitro groups is 1. The molecule has 0 fully saturated rings. The first-order valence-electron chi connectivity index (χ1n) is 11.0. The lowest BCUT2D eigenvalue weighted by Crippen LogP contribution is -2.26. The SMILES string of the molecule is N#C/C(=C/c1ccc(OCc2ccccc2)c([N+](=O)[O-])c1)C(=O)NCCc1c[nH]c2ccccc12. The third-order valence-electron chi connectivity index (χ3n) is 5.45. The van der Waals surface area contributed by atoms with E-state index in [2.05, 4.69) is 10.3 Å². The minimum Gasteiger partial charge on any atom is -0.482 e. The van der Waals surface area contributed by atoms with Gasteiger partial charge >= 0.3 is 5.69 Å². The van der Waals surface area contributed by atoms with Gasteiger partial charge in [0.2, 0.25) is 0 Å². The van der Waals surface area contributed by atoms with Gasteiger partial charge in [0.25, 0.3) is 5.91 Å². The van der Waals surface area contributed by atoms with Crippen molar-refractivity contribution in [2.24, 2.45) is 0 Å². The number of nitriles is 1. The fourth-order valence-electron chi connectivity index (χ4n) is 3.68. The Labute approximate surface area is 201 Å². The van der Waals surface area contributed by atoms with E-state index >= 15 is 0 Å². The van der Waals surface area contributed by atoms with Gasteiger partial charge in [0.1, 0.15) is 18.2 Å². The molecule has 0 bridgehead atoms. The van der Waals surface area contributed by atoms with Crippen LogP contribution in [0.3, 0.4) is 0 Å². The number of nitro benzene ring substituents is 1. The summed E-state index contributed by atoms with van der Waals surface area (Å²) >= 11 is 0. The summed E-state index contributed by atoms with van der Waals surface area (Å²) < 4.78 is 5.63. The van der Waals surface area contributed by atoms with Crippen molar-refractivity contribution in [3.63, 3.8) is 0 Å². The summed E-state index contributed by atoms with van der Waals surface area (Å²) in [7, 11) is 0. The second-order valence-corrected chi connectivity index (χ2v) is 7.79. The number of H-pyrrole nitrogens is 1. The number of rotatable bonds is 9. The predicted octanol–water partition coefficient (Wildman–Crippen LogP) is 4.92. The number of hydrogen-bond donors (Lipinski definition) is 2. The van der Waals surface area contributed by atoms with Crippen LogP contribution in [0.1, 0.15) is 16.7 Å². The number of aromatic nitrogens is 1. The topological polar surface area (TPSA) is 121 Å². The van der Waals surface area contributed by atoms with Gasteiger partial charge in [-0.1, -0.05) is 54.6 Å². The van der Waals surface area contributed by atoms with Crippen molar-refractivity contribution < 1.29 is 14.5 Å². The van der Waals surface area contributed by atoms with E-state index in [9.17, 15) is 20.2 Å². The number of carbonyl (C=O) groups excluding carboxylic acids is 1. The van der Waals surface area contributed by atoms with E-state index in [0.29, 0.717) is 18.5 Å². The highest BCUT2D eigenvalue weighted by atomic mass is 16.6. The molecule has 3 aromatic carbocycles. The van der Waals surface area contributed by atoms with E-state index in [1.165, 1.54) is 18.2 Å². The Morgan fingerprint density at radius 2 is 1.89 bits per heavy atom. The summed E-state index contributed by atoms with van der Waals surface area (Å²) in [6, 6.07) is 23.4. The third-order valence-corrected chi connectivity index (χ3v) is 5.45. The molecule has 2 N–H and O–H groups in total. The van der Waals surface area contributed by atoms with Gasteiger partial charge in [-0.05, 0) is 41.3 Å². The van der Waals surface area contributed by atoms with Crippen LogP contribution in [0.4, 0.5) is 5.69 Å². The first kappa shape index (κ1) is 23.3. The van der Waals surface area contributed by atoms with Crippen molar-refractivity contribution in [1.82, 2.24) is 10.3 Å². The van der Waals surface area contributed by atoms with Crippen LogP contribution in [-0.4, -0.2) is 22.4 Å². The third kappa shape index (κ3) is 5.72. The van der Waals surface area contributed by atoms with Crippen LogP contribution in [0, 0.1) is 21.4 Å². The van der Waals surface area contributed by atoms with Crippen molar-refractivity contribution in [2.75, 3.05) is 6.54 Å². The van der Waals surface area contributed by atoms with Gasteiger partial charge in [-0.3, -0.25) is 14.9 Å². The van der Waals surface area contributed by atoms with E-state index in [-0.39, 0.29) is 23.6 Å². The molecule has 0 aliphatic heterocycles. The fourth-order valence-corrected chi connectivity index (χ4v) is 3.68. The monoisotopic (exact) mass is 466 g/mol. The maximum absolute atomic E-state index is 12.5. The number of carbonyl (C=O) groups is 1. The Kier molecular flexibility index (Phi) is 7.19. The van der Waals surface area contributed by atoms with Gasteiger partial charge in [0, 0.05) is 29.7 Å². The van der Waals surface area contributed by atoms with Crippen molar-refractivity contribution in [3.05, 3.63) is 111 Å². The molecule has 35 heavy (non-hydrogen) atoms. The summed E-state index contributed by atoms with van der Waals surface area (Å²) in [4.78, 5) is 26.8. The van der Waals surface area contributed by atoms with E-state index in [0.717, 1.165) is 22.0 Å². The second-order valence-electron chi connectivity index (χ2n) is 7.79. The summed E-state index contributed by atoms with van der Waals surface area (Å²) in [5.74, 6) is -0.433. The zero-order chi connectivity index (χ0) is 24.6. The summed E-state index contributed by atoms with van der Waals surface area (Å²) in [5.41, 5.74) is 2.92. The summed E-state index contributed by atoms with van der Waals surface area (Å²) in [5, 5.41) is 24.9. The number of hydrogen-bond acceptors (Lipinski definition) is 5. The molecular weight excluding hydrogens is 444 g/mol. The van der Waals surface area contributed by atoms with Crippen LogP contribution < -0.4 is 10.1 Å². The summed E-state index contributed by atoms with van der Waals surface area (Å²) in [6.45, 7) is 0.519. The largest absolute Gasteiger partial charge is 0.482 e. The van der Waals surface area contributed by atoms with Crippen LogP contribution >= 0.6 is 0 Å². The van der Waals surface area contributed by atoms with Gasteiger partial charge in [-0.2, -0.15) is 5.26 Å². The van der Waals surface area contributed by atoms with Crippen LogP contribution in [0.5, 0.6) is 5.75 Å². The van der Waals surface area contributed by atoms with Crippen molar-refractivity contribution >= 4 is 28.6 Å². The molecular formula is C27H22N4O4. The quantitative estimate of drug-likeness (QED) is 0.157. The Hall–Kier alpha value is -4.90. The van der Waals surface area contributed by atoms with Gasteiger partial charge in [0.05, 0.1) is 4.92 Å². The Morgan fingerprint density at radius 3 is 2.66 bits per heavy atom. The Morgan fingerprint density at radius 1 is 1.11 bits per heavy atom. The number of para-hydroxylation sites is 1. The minimum atomic E-state index is -0.551. The molecule has 0 saturated carbocycles. The van der Waals surface area contributed by atoms with Gasteiger partial charge < -0.3 is 15.0 Å². The van der Waals surface area contributed by atoms with Crippen molar-refractivity contribution in [2.45, 2.75) is 13.0 Å². The molecule has 0 aliphatic rings. The van der Waals surface area contributed by atoms with Gasteiger partial charge in [-0.15, -0.1) is 0 Å². The number of amides is 1. The summed E-state index contributed by atoms with van der Waals surface area (Å²) in [6.07, 6.45) is 3.82. The highest BCUT2D eigenvalue weighted by Gasteiger charge is 2.17. The molecule has 0 atom stereocenters. The molecule has 4 rings (SSSR count). The first-order valence-corrected chi connectivity index (χ1v) is 11.0. The van der Waals surface area contributed by atoms with Gasteiger partial charge in [0.15, 0.2) is 5.75 Å². The zero-order valence-electron chi connectivity index (χ0n) is 18.7. The first-order chi connectivity index (χ1) is 17.0. The zero-order valence-corrected chi connectivity index (χ0v) is 18.7. The molecule has 4 aromatic rings. The molecule has 8 heteroatoms. The van der Waals surface area contributed by atoms with Crippen LogP contribution in [0.25, 0.3) is 17.0 Å². The molecule has 1 aromatic heterocycles. The molecule has 1 amide bonds. The Bertz CT molecular complexity index is 1430. The average Bonchev–Trinajstić information content (AvgIpc) is 3.30. The lowest BCUT2D eigenvalue weighted by molar-refractivity contribution is -0.386. The maximum atomic E-state index is 12.5. The smallest absolute Gasteiger partial charge is 0.311 e. The lowest BCUT2D eigenvalue weighted by Gasteiger charge is -2.08. The van der Waals surface area contributed by atoms with Crippen LogP contribution in [0.2, 0.25) is 0 Å². The second kappa shape index (κ2) is 10.8. The van der Waals surface area contributed by atoms with Crippen LogP contribution in [-0.2, 0) is 17.8 Å². The lowest BCUT2D eigenvalue weighted by atomic mass is 10.1. The number of nitrogens with zero attached hydrogens (tertiary/aromatic N) is 2. The van der Waals surface area contributed by atoms with Crippen LogP contribution in [0.15, 0.2) is 84.6 Å². The maximum Gasteiger partial charge on any atom is 0.311 e. The predicted molar refractivity (Wildman–Crippen MR) is 132 cm³/mol. The molecule has 174 valence electrons. The molecule has 0 spiro atoms. The van der Waals surface area contributed by atoms with Crippen molar-refractivity contribution in [1.29, 1.82) is 5.26 Å². The highest BCUT2D eigenvalue weighted by molar-refractivity contribution is 6.01. The molecule has 0 unspecified atom stereocenters. The fraction of sp³-hybridized carbons (Fsp3) is 0.111. The number of ether oxygens (including phenoxy) is 1. The van der Waals surface area contributed by atoms with E-state index < -0.39 is 10.8 Å². The van der Waals surface area contributed by atoms with E-state index in [1.54, 1.807) is 6.07 Å². The molecule has 8 nitrogen and oxygen atoms in total. The number of benzene rings is 3. The number of fused-ring (bicyclic) bond motifs is 1. The van der Waals surface area contributed by atoms with E-state index in [4.69, 9.17) is 4.74 Å². The highest BCUT2D eigenvalue weighted by Crippen LogP contribution is 2.29. The molecule has 0 aliphatic carbocycles. The van der Waals surface area contributed by atoms with E-state index in [1.807, 2.05) is 66.9 Å². The Balaban J connectivity index is 1.43. The minimum absolute atomic E-state index is 0.109. The molecule has 0 saturated heterocycles. The normalized spacial score (nSPS) is 11.1. The molecule has 1 heterocycles. The van der Waals surface area contributed by atoms with Crippen molar-refractivity contribution in [3.8, 4) is 11.8 Å². The molecule has 0 radical (unpaired) electrons. The number of nitrogens with one attached hydrogen (secondary N) is 2. The number of aromatic amines is 1. The van der Waals surface area contributed by atoms with Gasteiger partial charge in [-0.25, -0.2) is 0 Å². The average molecular weight is 466 g/mol. The standard InChI is InChI=1S/C27H22N4O4/c28-16-22(27(32)29-13-12-21-17-30-24-9-5-4-8-23(21)24)14-20-10-11-26(25(15-20)31(33)34)35-18-19-6-2-1-3-7-19/h1-11,14-15,17,30H,12-13,18H2,(H,29,32)/b22-14-.